The smallest absolute Gasteiger partial charge is 0.291 e. The highest BCUT2D eigenvalue weighted by atomic mass is 32.2. The molecule has 130 valence electrons. The zero-order chi connectivity index (χ0) is 18.0. The lowest BCUT2D eigenvalue weighted by Gasteiger charge is -2.15. The number of sulfonamides is 1. The lowest BCUT2D eigenvalue weighted by Crippen LogP contribution is -2.33. The lowest BCUT2D eigenvalue weighted by molar-refractivity contribution is -0.126. The van der Waals surface area contributed by atoms with Crippen LogP contribution >= 0.6 is 11.8 Å². The highest BCUT2D eigenvalue weighted by molar-refractivity contribution is 8.15. The van der Waals surface area contributed by atoms with Gasteiger partial charge >= 0.3 is 0 Å². The van der Waals surface area contributed by atoms with Crippen LogP contribution in [0.3, 0.4) is 0 Å². The molecule has 1 unspecified atom stereocenters. The molecule has 1 aliphatic rings. The molecule has 2 amide bonds. The molecule has 0 bridgehead atoms. The van der Waals surface area contributed by atoms with Crippen molar-refractivity contribution in [2.45, 2.75) is 16.8 Å². The van der Waals surface area contributed by atoms with Gasteiger partial charge in [0.1, 0.15) is 0 Å². The molecule has 3 N–H and O–H groups in total. The third kappa shape index (κ3) is 4.01. The number of carbonyl (C=O) groups is 2. The first-order valence-corrected chi connectivity index (χ1v) is 9.72. The van der Waals surface area contributed by atoms with Crippen molar-refractivity contribution < 1.29 is 18.0 Å². The number of nitrogens with two attached hydrogens (primary N) is 1. The van der Waals surface area contributed by atoms with Gasteiger partial charge in [-0.3, -0.25) is 14.5 Å². The molecule has 3 rings (SSSR count). The average molecular weight is 377 g/mol. The standard InChI is InChI=1S/C16H15N3O4S2/c17-25(22,23)13-8-6-12(7-9-13)18-14-15(20)19(16(21)24-14)10-11-4-2-1-3-5-11/h1-9,14,18H,10H2,(H2,17,22,23). The molecule has 2 aromatic rings. The van der Waals surface area contributed by atoms with E-state index < -0.39 is 15.4 Å². The van der Waals surface area contributed by atoms with Crippen LogP contribution in [0.1, 0.15) is 5.56 Å². The number of amides is 2. The summed E-state index contributed by atoms with van der Waals surface area (Å²) in [5.41, 5.74) is 1.38. The molecule has 25 heavy (non-hydrogen) atoms. The van der Waals surface area contributed by atoms with Gasteiger partial charge in [-0.25, -0.2) is 13.6 Å². The third-order valence-electron chi connectivity index (χ3n) is 3.59. The van der Waals surface area contributed by atoms with E-state index in [-0.39, 0.29) is 22.6 Å². The van der Waals surface area contributed by atoms with Gasteiger partial charge in [0.05, 0.1) is 11.4 Å². The van der Waals surface area contributed by atoms with Crippen molar-refractivity contribution in [1.82, 2.24) is 4.90 Å². The quantitative estimate of drug-likeness (QED) is 0.824. The van der Waals surface area contributed by atoms with E-state index in [9.17, 15) is 18.0 Å². The summed E-state index contributed by atoms with van der Waals surface area (Å²) < 4.78 is 22.5. The Morgan fingerprint density at radius 1 is 1.04 bits per heavy atom. The third-order valence-corrected chi connectivity index (χ3v) is 5.50. The molecule has 7 nitrogen and oxygen atoms in total. The summed E-state index contributed by atoms with van der Waals surface area (Å²) in [7, 11) is -3.77. The van der Waals surface area contributed by atoms with Gasteiger partial charge in [0, 0.05) is 5.69 Å². The van der Waals surface area contributed by atoms with E-state index in [0.717, 1.165) is 17.3 Å². The summed E-state index contributed by atoms with van der Waals surface area (Å²) in [6, 6.07) is 14.9. The molecular formula is C16H15N3O4S2. The maximum atomic E-state index is 12.5. The Morgan fingerprint density at radius 2 is 1.68 bits per heavy atom. The molecule has 0 radical (unpaired) electrons. The second-order valence-electron chi connectivity index (χ2n) is 5.39. The Kier molecular flexibility index (Phi) is 4.80. The molecule has 1 aliphatic heterocycles. The number of nitrogens with one attached hydrogen (secondary N) is 1. The van der Waals surface area contributed by atoms with E-state index in [1.807, 2.05) is 30.3 Å². The minimum absolute atomic E-state index is 0.0229. The Hall–Kier alpha value is -2.36. The summed E-state index contributed by atoms with van der Waals surface area (Å²) in [6.45, 7) is 0.216. The largest absolute Gasteiger partial charge is 0.365 e. The number of rotatable bonds is 5. The highest BCUT2D eigenvalue weighted by Gasteiger charge is 2.39. The van der Waals surface area contributed by atoms with Crippen LogP contribution < -0.4 is 10.5 Å². The number of hydrogen-bond donors (Lipinski definition) is 2. The maximum absolute atomic E-state index is 12.5. The summed E-state index contributed by atoms with van der Waals surface area (Å²) in [5.74, 6) is -0.339. The van der Waals surface area contributed by atoms with Crippen molar-refractivity contribution >= 4 is 38.6 Å². The van der Waals surface area contributed by atoms with Crippen LogP contribution in [-0.4, -0.2) is 29.8 Å². The Morgan fingerprint density at radius 3 is 2.28 bits per heavy atom. The minimum atomic E-state index is -3.77. The van der Waals surface area contributed by atoms with Crippen molar-refractivity contribution in [2.75, 3.05) is 5.32 Å². The zero-order valence-electron chi connectivity index (χ0n) is 13.0. The van der Waals surface area contributed by atoms with Crippen LogP contribution in [-0.2, 0) is 21.4 Å². The predicted molar refractivity (Wildman–Crippen MR) is 95.2 cm³/mol. The monoisotopic (exact) mass is 377 g/mol. The van der Waals surface area contributed by atoms with E-state index in [1.54, 1.807) is 0 Å². The molecule has 0 saturated carbocycles. The first kappa shape index (κ1) is 17.5. The maximum Gasteiger partial charge on any atom is 0.291 e. The SMILES string of the molecule is NS(=O)(=O)c1ccc(NC2SC(=O)N(Cc3ccccc3)C2=O)cc1. The van der Waals surface area contributed by atoms with Crippen LogP contribution in [0.5, 0.6) is 0 Å². The molecule has 9 heteroatoms. The molecular weight excluding hydrogens is 362 g/mol. The Bertz CT molecular complexity index is 899. The minimum Gasteiger partial charge on any atom is -0.365 e. The summed E-state index contributed by atoms with van der Waals surface area (Å²) >= 11 is 0.889. The predicted octanol–water partition coefficient (Wildman–Crippen LogP) is 1.97. The topological polar surface area (TPSA) is 110 Å². The number of imide groups is 1. The first-order valence-electron chi connectivity index (χ1n) is 7.30. The molecule has 1 atom stereocenters. The van der Waals surface area contributed by atoms with Crippen molar-refractivity contribution in [1.29, 1.82) is 0 Å². The van der Waals surface area contributed by atoms with Gasteiger partial charge in [-0.05, 0) is 41.6 Å². The zero-order valence-corrected chi connectivity index (χ0v) is 14.6. The number of benzene rings is 2. The number of anilines is 1. The fourth-order valence-corrected chi connectivity index (χ4v) is 3.76. The number of primary sulfonamides is 1. The summed E-state index contributed by atoms with van der Waals surface area (Å²) in [6.07, 6.45) is 0. The highest BCUT2D eigenvalue weighted by Crippen LogP contribution is 2.29. The van der Waals surface area contributed by atoms with E-state index >= 15 is 0 Å². The molecule has 1 fully saturated rings. The van der Waals surface area contributed by atoms with Crippen LogP contribution in [0.15, 0.2) is 59.5 Å². The fourth-order valence-electron chi connectivity index (χ4n) is 2.34. The van der Waals surface area contributed by atoms with Gasteiger partial charge in [0.15, 0.2) is 5.37 Å². The molecule has 0 aliphatic carbocycles. The van der Waals surface area contributed by atoms with Crippen molar-refractivity contribution in [3.63, 3.8) is 0 Å². The molecule has 1 saturated heterocycles. The van der Waals surface area contributed by atoms with Crippen LogP contribution in [0, 0.1) is 0 Å². The van der Waals surface area contributed by atoms with E-state index in [0.29, 0.717) is 5.69 Å². The first-order chi connectivity index (χ1) is 11.8. The number of thioether (sulfide) groups is 1. The number of carbonyl (C=O) groups excluding carboxylic acids is 2. The van der Waals surface area contributed by atoms with E-state index in [4.69, 9.17) is 5.14 Å². The Labute approximate surface area is 149 Å². The lowest BCUT2D eigenvalue weighted by atomic mass is 10.2. The van der Waals surface area contributed by atoms with Crippen LogP contribution in [0.25, 0.3) is 0 Å². The van der Waals surface area contributed by atoms with E-state index in [2.05, 4.69) is 5.32 Å². The van der Waals surface area contributed by atoms with Gasteiger partial charge in [-0.1, -0.05) is 30.3 Å². The van der Waals surface area contributed by atoms with Crippen LogP contribution in [0.2, 0.25) is 0 Å². The van der Waals surface area contributed by atoms with Gasteiger partial charge in [-0.2, -0.15) is 0 Å². The van der Waals surface area contributed by atoms with Crippen molar-refractivity contribution in [3.8, 4) is 0 Å². The average Bonchev–Trinajstić information content (AvgIpc) is 2.83. The molecule has 2 aromatic carbocycles. The second kappa shape index (κ2) is 6.87. The van der Waals surface area contributed by atoms with Crippen molar-refractivity contribution in [2.24, 2.45) is 5.14 Å². The fraction of sp³-hybridized carbons (Fsp3) is 0.125. The van der Waals surface area contributed by atoms with E-state index in [1.165, 1.54) is 29.2 Å². The van der Waals surface area contributed by atoms with Crippen LogP contribution in [0.4, 0.5) is 10.5 Å². The Balaban J connectivity index is 1.70. The normalized spacial score (nSPS) is 17.8. The van der Waals surface area contributed by atoms with Gasteiger partial charge in [0.2, 0.25) is 10.0 Å². The van der Waals surface area contributed by atoms with Gasteiger partial charge in [-0.15, -0.1) is 0 Å². The van der Waals surface area contributed by atoms with Gasteiger partial charge < -0.3 is 5.32 Å². The number of hydrogen-bond acceptors (Lipinski definition) is 6. The van der Waals surface area contributed by atoms with Gasteiger partial charge in [0.25, 0.3) is 11.1 Å². The molecule has 0 spiro atoms. The summed E-state index contributed by atoms with van der Waals surface area (Å²) in [5, 5.41) is 6.90. The summed E-state index contributed by atoms with van der Waals surface area (Å²) in [4.78, 5) is 25.7. The van der Waals surface area contributed by atoms with Crippen molar-refractivity contribution in [3.05, 3.63) is 60.2 Å². The number of nitrogens with zero attached hydrogens (tertiary/aromatic N) is 1. The molecule has 1 heterocycles. The second-order valence-corrected chi connectivity index (χ2v) is 8.01. The molecule has 0 aromatic heterocycles.